The van der Waals surface area contributed by atoms with E-state index in [0.717, 1.165) is 24.0 Å². The lowest BCUT2D eigenvalue weighted by molar-refractivity contribution is -0.156. The Morgan fingerprint density at radius 3 is 2.19 bits per heavy atom. The molecule has 0 saturated heterocycles. The summed E-state index contributed by atoms with van der Waals surface area (Å²) in [5.74, 6) is 0.354. The number of benzene rings is 2. The molecule has 0 aliphatic carbocycles. The van der Waals surface area contributed by atoms with E-state index in [2.05, 4.69) is 6.92 Å². The first-order chi connectivity index (χ1) is 18.1. The zero-order chi connectivity index (χ0) is 26.7. The molecule has 0 saturated carbocycles. The van der Waals surface area contributed by atoms with Gasteiger partial charge in [-0.3, -0.25) is 0 Å². The summed E-state index contributed by atoms with van der Waals surface area (Å²) >= 11 is 0. The van der Waals surface area contributed by atoms with Crippen molar-refractivity contribution in [1.29, 1.82) is 0 Å². The highest BCUT2D eigenvalue weighted by Gasteiger charge is 2.20. The Morgan fingerprint density at radius 1 is 0.784 bits per heavy atom. The molecule has 37 heavy (non-hydrogen) atoms. The molecule has 2 aromatic rings. The quantitative estimate of drug-likeness (QED) is 0.175. The molecule has 0 heterocycles. The first kappa shape index (κ1) is 30.2. The first-order valence-corrected chi connectivity index (χ1v) is 13.5. The SMILES string of the molecule is CCCCCCCN(CCOc1ccc(C[C@H](OCC)C(=O)OCC)cc1)C(=O)OCc1ccccc1. The second kappa shape index (κ2) is 18.2. The molecule has 7 heteroatoms. The number of hydrogen-bond donors (Lipinski definition) is 0. The molecular formula is C30H43NO6. The van der Waals surface area contributed by atoms with Gasteiger partial charge in [-0.2, -0.15) is 0 Å². The van der Waals surface area contributed by atoms with E-state index >= 15 is 0 Å². The van der Waals surface area contributed by atoms with Crippen LogP contribution >= 0.6 is 0 Å². The Morgan fingerprint density at radius 2 is 1.51 bits per heavy atom. The number of hydrogen-bond acceptors (Lipinski definition) is 6. The van der Waals surface area contributed by atoms with Gasteiger partial charge in [0.05, 0.1) is 13.2 Å². The van der Waals surface area contributed by atoms with Crippen LogP contribution in [0.3, 0.4) is 0 Å². The maximum absolute atomic E-state index is 12.8. The molecule has 0 bridgehead atoms. The van der Waals surface area contributed by atoms with Gasteiger partial charge in [-0.25, -0.2) is 9.59 Å². The summed E-state index contributed by atoms with van der Waals surface area (Å²) in [4.78, 5) is 26.6. The lowest BCUT2D eigenvalue weighted by Gasteiger charge is -2.22. The van der Waals surface area contributed by atoms with Crippen molar-refractivity contribution >= 4 is 12.1 Å². The topological polar surface area (TPSA) is 74.3 Å². The Kier molecular flexibility index (Phi) is 14.9. The zero-order valence-corrected chi connectivity index (χ0v) is 22.7. The lowest BCUT2D eigenvalue weighted by atomic mass is 10.1. The normalized spacial score (nSPS) is 11.5. The Hall–Kier alpha value is -3.06. The molecule has 0 unspecified atom stereocenters. The minimum absolute atomic E-state index is 0.253. The highest BCUT2D eigenvalue weighted by molar-refractivity contribution is 5.75. The van der Waals surface area contributed by atoms with Gasteiger partial charge in [0.2, 0.25) is 0 Å². The van der Waals surface area contributed by atoms with E-state index in [1.807, 2.05) is 61.5 Å². The van der Waals surface area contributed by atoms with E-state index in [4.69, 9.17) is 18.9 Å². The van der Waals surface area contributed by atoms with Gasteiger partial charge in [0.1, 0.15) is 19.0 Å². The maximum atomic E-state index is 12.8. The van der Waals surface area contributed by atoms with Gasteiger partial charge in [0.15, 0.2) is 6.10 Å². The highest BCUT2D eigenvalue weighted by atomic mass is 16.6. The summed E-state index contributed by atoms with van der Waals surface area (Å²) < 4.78 is 22.1. The van der Waals surface area contributed by atoms with E-state index in [9.17, 15) is 9.59 Å². The molecule has 0 spiro atoms. The predicted octanol–water partition coefficient (Wildman–Crippen LogP) is 6.19. The maximum Gasteiger partial charge on any atom is 0.410 e. The number of amides is 1. The standard InChI is InChI=1S/C30H43NO6/c1-4-7-8-9-13-20-31(30(33)37-24-26-14-11-10-12-15-26)21-22-36-27-18-16-25(17-19-27)23-28(34-5-2)29(32)35-6-3/h10-12,14-19,28H,4-9,13,20-24H2,1-3H3/t28-/m0/s1. The van der Waals surface area contributed by atoms with Crippen molar-refractivity contribution in [3.8, 4) is 5.75 Å². The van der Waals surface area contributed by atoms with Crippen molar-refractivity contribution in [2.45, 2.75) is 72.0 Å². The number of nitrogens with zero attached hydrogens (tertiary/aromatic N) is 1. The molecular weight excluding hydrogens is 470 g/mol. The van der Waals surface area contributed by atoms with E-state index in [1.165, 1.54) is 19.3 Å². The van der Waals surface area contributed by atoms with Crippen molar-refractivity contribution in [2.24, 2.45) is 0 Å². The fourth-order valence-electron chi connectivity index (χ4n) is 3.87. The average Bonchev–Trinajstić information content (AvgIpc) is 2.92. The number of esters is 1. The second-order valence-electron chi connectivity index (χ2n) is 8.83. The van der Waals surface area contributed by atoms with Crippen LogP contribution in [-0.2, 0) is 32.0 Å². The molecule has 2 aromatic carbocycles. The monoisotopic (exact) mass is 513 g/mol. The fraction of sp³-hybridized carbons (Fsp3) is 0.533. The van der Waals surface area contributed by atoms with Crippen LogP contribution in [0.15, 0.2) is 54.6 Å². The lowest BCUT2D eigenvalue weighted by Crippen LogP contribution is -2.36. The van der Waals surface area contributed by atoms with Crippen LogP contribution in [0.4, 0.5) is 4.79 Å². The van der Waals surface area contributed by atoms with Gasteiger partial charge in [-0.05, 0) is 43.5 Å². The average molecular weight is 514 g/mol. The van der Waals surface area contributed by atoms with Crippen LogP contribution < -0.4 is 4.74 Å². The van der Waals surface area contributed by atoms with Crippen LogP contribution in [0.1, 0.15) is 64.0 Å². The molecule has 0 N–H and O–H groups in total. The summed E-state index contributed by atoms with van der Waals surface area (Å²) in [6.45, 7) is 8.29. The summed E-state index contributed by atoms with van der Waals surface area (Å²) in [7, 11) is 0. The number of unbranched alkanes of at least 4 members (excludes halogenated alkanes) is 4. The molecule has 1 atom stereocenters. The zero-order valence-electron chi connectivity index (χ0n) is 22.7. The predicted molar refractivity (Wildman–Crippen MR) is 145 cm³/mol. The molecule has 2 rings (SSSR count). The van der Waals surface area contributed by atoms with E-state index in [0.29, 0.717) is 45.1 Å². The smallest absolute Gasteiger partial charge is 0.410 e. The third kappa shape index (κ3) is 12.2. The highest BCUT2D eigenvalue weighted by Crippen LogP contribution is 2.16. The van der Waals surface area contributed by atoms with Crippen LogP contribution in [0.2, 0.25) is 0 Å². The van der Waals surface area contributed by atoms with Gasteiger partial charge in [-0.1, -0.05) is 75.1 Å². The Labute approximate surface area is 222 Å². The number of carbonyl (C=O) groups excluding carboxylic acids is 2. The molecule has 0 aliphatic rings. The summed E-state index contributed by atoms with van der Waals surface area (Å²) in [5.41, 5.74) is 1.92. The molecule has 0 fully saturated rings. The molecule has 7 nitrogen and oxygen atoms in total. The van der Waals surface area contributed by atoms with Gasteiger partial charge >= 0.3 is 12.1 Å². The minimum atomic E-state index is -0.621. The number of ether oxygens (including phenoxy) is 4. The van der Waals surface area contributed by atoms with Crippen LogP contribution in [0.5, 0.6) is 5.75 Å². The van der Waals surface area contributed by atoms with Crippen molar-refractivity contribution in [3.05, 3.63) is 65.7 Å². The van der Waals surface area contributed by atoms with Gasteiger partial charge in [-0.15, -0.1) is 0 Å². The van der Waals surface area contributed by atoms with E-state index < -0.39 is 6.10 Å². The van der Waals surface area contributed by atoms with Crippen LogP contribution in [0, 0.1) is 0 Å². The van der Waals surface area contributed by atoms with Crippen molar-refractivity contribution in [2.75, 3.05) is 32.9 Å². The van der Waals surface area contributed by atoms with E-state index in [1.54, 1.807) is 11.8 Å². The number of rotatable bonds is 18. The van der Waals surface area contributed by atoms with Crippen LogP contribution in [0.25, 0.3) is 0 Å². The number of carbonyl (C=O) groups is 2. The minimum Gasteiger partial charge on any atom is -0.492 e. The van der Waals surface area contributed by atoms with Gasteiger partial charge in [0.25, 0.3) is 0 Å². The fourth-order valence-corrected chi connectivity index (χ4v) is 3.87. The van der Waals surface area contributed by atoms with Crippen molar-refractivity contribution in [1.82, 2.24) is 4.90 Å². The third-order valence-electron chi connectivity index (χ3n) is 5.89. The molecule has 0 radical (unpaired) electrons. The van der Waals surface area contributed by atoms with Crippen molar-refractivity contribution in [3.63, 3.8) is 0 Å². The Bertz CT molecular complexity index is 887. The summed E-state index contributed by atoms with van der Waals surface area (Å²) in [6.07, 6.45) is 5.10. The largest absolute Gasteiger partial charge is 0.492 e. The Balaban J connectivity index is 1.86. The molecule has 204 valence electrons. The summed E-state index contributed by atoms with van der Waals surface area (Å²) in [5, 5.41) is 0. The first-order valence-electron chi connectivity index (χ1n) is 13.5. The summed E-state index contributed by atoms with van der Waals surface area (Å²) in [6, 6.07) is 17.3. The molecule has 0 aromatic heterocycles. The molecule has 0 aliphatic heterocycles. The van der Waals surface area contributed by atoms with Gasteiger partial charge < -0.3 is 23.8 Å². The van der Waals surface area contributed by atoms with Gasteiger partial charge in [0, 0.05) is 19.6 Å². The molecule has 1 amide bonds. The third-order valence-corrected chi connectivity index (χ3v) is 5.89. The second-order valence-corrected chi connectivity index (χ2v) is 8.83. The van der Waals surface area contributed by atoms with Crippen LogP contribution in [-0.4, -0.2) is 56.0 Å². The van der Waals surface area contributed by atoms with E-state index in [-0.39, 0.29) is 18.7 Å². The van der Waals surface area contributed by atoms with Crippen molar-refractivity contribution < 1.29 is 28.5 Å².